The van der Waals surface area contributed by atoms with Crippen LogP contribution in [-0.2, 0) is 0 Å². The number of nitrogens with one attached hydrogen (secondary N) is 1. The van der Waals surface area contributed by atoms with E-state index in [1.54, 1.807) is 17.4 Å². The molecule has 0 saturated carbocycles. The van der Waals surface area contributed by atoms with Gasteiger partial charge in [0, 0.05) is 23.2 Å². The highest BCUT2D eigenvalue weighted by atomic mass is 32.1. The number of aromatic hydroxyl groups is 1. The summed E-state index contributed by atoms with van der Waals surface area (Å²) in [4.78, 5) is 14.0. The Labute approximate surface area is 161 Å². The second-order valence-corrected chi connectivity index (χ2v) is 8.30. The minimum atomic E-state index is 0.207. The van der Waals surface area contributed by atoms with Gasteiger partial charge in [0.2, 0.25) is 0 Å². The fraction of sp³-hybridized carbons (Fsp3) is 0.286. The van der Waals surface area contributed by atoms with Gasteiger partial charge in [0.25, 0.3) is 0 Å². The molecule has 0 atom stereocenters. The Kier molecular flexibility index (Phi) is 4.02. The van der Waals surface area contributed by atoms with Crippen molar-refractivity contribution in [1.29, 1.82) is 0 Å². The Balaban J connectivity index is 1.55. The Morgan fingerprint density at radius 1 is 0.963 bits per heavy atom. The molecule has 4 aromatic rings. The molecule has 5 rings (SSSR count). The topological polar surface area (TPSA) is 70.9 Å². The number of hydrogen-bond acceptors (Lipinski definition) is 6. The van der Waals surface area contributed by atoms with Crippen LogP contribution in [0.4, 0.5) is 0 Å². The standard InChI is InChI=1S/C21H20N4OS/c1-12-23-19-11-20(26)14(10-21(19)27-12)16-3-5-17-18(25-16)4-2-15(24-17)13-6-8-22-9-7-13/h2-5,10-11,13,22,26H,6-9H2,1H3. The van der Waals surface area contributed by atoms with Crippen LogP contribution in [0.3, 0.4) is 0 Å². The number of thiazole rings is 1. The zero-order valence-electron chi connectivity index (χ0n) is 15.1. The van der Waals surface area contributed by atoms with E-state index in [4.69, 9.17) is 9.97 Å². The predicted molar refractivity (Wildman–Crippen MR) is 109 cm³/mol. The lowest BCUT2D eigenvalue weighted by Gasteiger charge is -2.22. The van der Waals surface area contributed by atoms with E-state index < -0.39 is 0 Å². The van der Waals surface area contributed by atoms with Gasteiger partial charge in [0.15, 0.2) is 0 Å². The molecule has 1 saturated heterocycles. The fourth-order valence-corrected chi connectivity index (χ4v) is 4.65. The minimum absolute atomic E-state index is 0.207. The summed E-state index contributed by atoms with van der Waals surface area (Å²) in [6.07, 6.45) is 2.26. The Bertz CT molecular complexity index is 1150. The van der Waals surface area contributed by atoms with Crippen molar-refractivity contribution in [2.75, 3.05) is 13.1 Å². The van der Waals surface area contributed by atoms with Gasteiger partial charge < -0.3 is 10.4 Å². The predicted octanol–water partition coefficient (Wildman–Crippen LogP) is 4.39. The van der Waals surface area contributed by atoms with Crippen LogP contribution in [0.1, 0.15) is 29.5 Å². The van der Waals surface area contributed by atoms with Crippen molar-refractivity contribution < 1.29 is 5.11 Å². The van der Waals surface area contributed by atoms with Crippen molar-refractivity contribution in [3.63, 3.8) is 0 Å². The first-order valence-corrected chi connectivity index (χ1v) is 10.1. The van der Waals surface area contributed by atoms with E-state index in [0.717, 1.165) is 69.1 Å². The third kappa shape index (κ3) is 3.05. The smallest absolute Gasteiger partial charge is 0.127 e. The first-order valence-electron chi connectivity index (χ1n) is 9.26. The van der Waals surface area contributed by atoms with Crippen molar-refractivity contribution in [1.82, 2.24) is 20.3 Å². The highest BCUT2D eigenvalue weighted by Gasteiger charge is 2.17. The van der Waals surface area contributed by atoms with Crippen LogP contribution >= 0.6 is 11.3 Å². The van der Waals surface area contributed by atoms with Crippen molar-refractivity contribution >= 4 is 32.6 Å². The quantitative estimate of drug-likeness (QED) is 0.543. The number of hydrogen-bond donors (Lipinski definition) is 2. The van der Waals surface area contributed by atoms with Gasteiger partial charge in [-0.1, -0.05) is 0 Å². The second kappa shape index (κ2) is 6.55. The van der Waals surface area contributed by atoms with Crippen LogP contribution in [0.15, 0.2) is 36.4 Å². The highest BCUT2D eigenvalue weighted by Crippen LogP contribution is 2.35. The average Bonchev–Trinajstić information content (AvgIpc) is 3.06. The van der Waals surface area contributed by atoms with Crippen LogP contribution in [0.2, 0.25) is 0 Å². The molecular formula is C21H20N4OS. The van der Waals surface area contributed by atoms with Gasteiger partial charge in [-0.2, -0.15) is 0 Å². The number of fused-ring (bicyclic) bond motifs is 2. The molecule has 5 nitrogen and oxygen atoms in total. The van der Waals surface area contributed by atoms with Crippen LogP contribution in [0.5, 0.6) is 5.75 Å². The Morgan fingerprint density at radius 2 is 1.74 bits per heavy atom. The summed E-state index contributed by atoms with van der Waals surface area (Å²) in [5.74, 6) is 0.732. The van der Waals surface area contributed by atoms with E-state index >= 15 is 0 Å². The van der Waals surface area contributed by atoms with Crippen molar-refractivity contribution in [2.24, 2.45) is 0 Å². The monoisotopic (exact) mass is 376 g/mol. The molecular weight excluding hydrogens is 356 g/mol. The number of rotatable bonds is 2. The maximum Gasteiger partial charge on any atom is 0.127 e. The fourth-order valence-electron chi connectivity index (χ4n) is 3.80. The molecule has 2 N–H and O–H groups in total. The van der Waals surface area contributed by atoms with E-state index in [-0.39, 0.29) is 5.75 Å². The molecule has 1 aromatic carbocycles. The molecule has 1 aliphatic heterocycles. The molecule has 0 amide bonds. The van der Waals surface area contributed by atoms with Gasteiger partial charge in [-0.15, -0.1) is 11.3 Å². The van der Waals surface area contributed by atoms with Crippen molar-refractivity contribution in [2.45, 2.75) is 25.7 Å². The van der Waals surface area contributed by atoms with Gasteiger partial charge in [-0.05, 0) is 63.2 Å². The van der Waals surface area contributed by atoms with Crippen LogP contribution in [0, 0.1) is 6.92 Å². The van der Waals surface area contributed by atoms with Gasteiger partial charge in [-0.3, -0.25) is 4.98 Å². The normalized spacial score (nSPS) is 15.6. The number of aromatic nitrogens is 3. The van der Waals surface area contributed by atoms with Gasteiger partial charge >= 0.3 is 0 Å². The largest absolute Gasteiger partial charge is 0.507 e. The number of phenolic OH excluding ortho intramolecular Hbond substituents is 1. The summed E-state index contributed by atoms with van der Waals surface area (Å²) < 4.78 is 1.06. The van der Waals surface area contributed by atoms with Crippen LogP contribution in [0.25, 0.3) is 32.5 Å². The molecule has 1 fully saturated rings. The number of nitrogens with zero attached hydrogens (tertiary/aromatic N) is 3. The van der Waals surface area contributed by atoms with E-state index in [0.29, 0.717) is 5.92 Å². The lowest BCUT2D eigenvalue weighted by Crippen LogP contribution is -2.27. The minimum Gasteiger partial charge on any atom is -0.507 e. The molecule has 4 heterocycles. The SMILES string of the molecule is Cc1nc2cc(O)c(-c3ccc4nc(C5CCNCC5)ccc4n3)cc2s1. The first kappa shape index (κ1) is 16.6. The maximum absolute atomic E-state index is 10.5. The molecule has 0 radical (unpaired) electrons. The molecule has 0 unspecified atom stereocenters. The molecule has 0 aliphatic carbocycles. The molecule has 1 aliphatic rings. The number of benzene rings is 1. The number of piperidine rings is 1. The zero-order valence-corrected chi connectivity index (χ0v) is 15.9. The Hall–Kier alpha value is -2.57. The summed E-state index contributed by atoms with van der Waals surface area (Å²) >= 11 is 1.62. The van der Waals surface area contributed by atoms with Crippen LogP contribution < -0.4 is 5.32 Å². The lowest BCUT2D eigenvalue weighted by atomic mass is 9.94. The average molecular weight is 376 g/mol. The summed E-state index contributed by atoms with van der Waals surface area (Å²) in [6, 6.07) is 11.8. The molecule has 27 heavy (non-hydrogen) atoms. The van der Waals surface area contributed by atoms with E-state index in [1.165, 1.54) is 0 Å². The molecule has 0 bridgehead atoms. The van der Waals surface area contributed by atoms with E-state index in [2.05, 4.69) is 22.4 Å². The second-order valence-electron chi connectivity index (χ2n) is 7.07. The first-order chi connectivity index (χ1) is 13.2. The molecule has 3 aromatic heterocycles. The zero-order chi connectivity index (χ0) is 18.4. The van der Waals surface area contributed by atoms with E-state index in [1.807, 2.05) is 25.1 Å². The Morgan fingerprint density at radius 3 is 2.59 bits per heavy atom. The third-order valence-electron chi connectivity index (χ3n) is 5.21. The molecule has 6 heteroatoms. The number of phenols is 1. The summed E-state index contributed by atoms with van der Waals surface area (Å²) in [6.45, 7) is 4.09. The molecule has 136 valence electrons. The highest BCUT2D eigenvalue weighted by molar-refractivity contribution is 7.18. The lowest BCUT2D eigenvalue weighted by molar-refractivity contribution is 0.454. The number of pyridine rings is 2. The van der Waals surface area contributed by atoms with Crippen molar-refractivity contribution in [3.05, 3.63) is 47.1 Å². The van der Waals surface area contributed by atoms with Gasteiger partial charge in [0.1, 0.15) is 5.75 Å². The number of aryl methyl sites for hydroxylation is 1. The van der Waals surface area contributed by atoms with E-state index in [9.17, 15) is 5.11 Å². The summed E-state index contributed by atoms with van der Waals surface area (Å²) in [7, 11) is 0. The van der Waals surface area contributed by atoms with Gasteiger partial charge in [0.05, 0.1) is 32.0 Å². The maximum atomic E-state index is 10.5. The van der Waals surface area contributed by atoms with Crippen LogP contribution in [-0.4, -0.2) is 33.1 Å². The third-order valence-corrected chi connectivity index (χ3v) is 6.14. The van der Waals surface area contributed by atoms with Gasteiger partial charge in [-0.25, -0.2) is 9.97 Å². The summed E-state index contributed by atoms with van der Waals surface area (Å²) in [5, 5.41) is 14.8. The molecule has 0 spiro atoms. The summed E-state index contributed by atoms with van der Waals surface area (Å²) in [5.41, 5.74) is 5.23. The van der Waals surface area contributed by atoms with Crippen molar-refractivity contribution in [3.8, 4) is 17.0 Å².